The van der Waals surface area contributed by atoms with Gasteiger partial charge in [0.25, 0.3) is 11.8 Å². The summed E-state index contributed by atoms with van der Waals surface area (Å²) in [5.74, 6) is 0.351. The second-order valence-corrected chi connectivity index (χ2v) is 11.8. The monoisotopic (exact) mass is 634 g/mol. The number of fused-ring (bicyclic) bond motifs is 4. The van der Waals surface area contributed by atoms with Gasteiger partial charge in [-0.3, -0.25) is 24.5 Å². The molecule has 1 atom stereocenters. The van der Waals surface area contributed by atoms with E-state index in [9.17, 15) is 9.59 Å². The zero-order chi connectivity index (χ0) is 33.0. The van der Waals surface area contributed by atoms with E-state index in [-0.39, 0.29) is 17.9 Å². The topological polar surface area (TPSA) is 83.8 Å². The normalized spacial score (nSPS) is 16.4. The van der Waals surface area contributed by atoms with E-state index in [1.54, 1.807) is 40.2 Å². The number of rotatable bonds is 10. The molecule has 0 unspecified atom stereocenters. The van der Waals surface area contributed by atoms with E-state index in [1.165, 1.54) is 6.26 Å². The number of carbonyl (C=O) groups excluding carboxylic acids is 2. The lowest BCUT2D eigenvalue weighted by Gasteiger charge is -2.21. The van der Waals surface area contributed by atoms with Gasteiger partial charge in [0.15, 0.2) is 0 Å². The Morgan fingerprint density at radius 1 is 0.938 bits per heavy atom. The maximum absolute atomic E-state index is 13.6. The van der Waals surface area contributed by atoms with Gasteiger partial charge < -0.3 is 14.4 Å². The number of benzene rings is 4. The molecule has 3 heterocycles. The molecule has 2 amide bonds. The van der Waals surface area contributed by atoms with Crippen molar-refractivity contribution < 1.29 is 19.1 Å². The van der Waals surface area contributed by atoms with Crippen LogP contribution >= 0.6 is 0 Å². The van der Waals surface area contributed by atoms with Gasteiger partial charge in [-0.05, 0) is 77.9 Å². The third-order valence-electron chi connectivity index (χ3n) is 8.80. The molecular weight excluding hydrogens is 600 g/mol. The summed E-state index contributed by atoms with van der Waals surface area (Å²) in [6.07, 6.45) is 8.17. The Hall–Kier alpha value is -6.02. The van der Waals surface area contributed by atoms with Gasteiger partial charge in [-0.1, -0.05) is 61.2 Å². The molecule has 0 saturated heterocycles. The highest BCUT2D eigenvalue weighted by Gasteiger charge is 2.36. The summed E-state index contributed by atoms with van der Waals surface area (Å²) in [5.41, 5.74) is 7.93. The third kappa shape index (κ3) is 5.96. The lowest BCUT2D eigenvalue weighted by molar-refractivity contribution is -0.115. The van der Waals surface area contributed by atoms with E-state index in [2.05, 4.69) is 29.3 Å². The minimum absolute atomic E-state index is 0.102. The van der Waals surface area contributed by atoms with Crippen molar-refractivity contribution in [1.82, 2.24) is 0 Å². The van der Waals surface area contributed by atoms with Crippen molar-refractivity contribution in [3.63, 3.8) is 0 Å². The smallest absolute Gasteiger partial charge is 0.261 e. The summed E-state index contributed by atoms with van der Waals surface area (Å²) in [6, 6.07) is 28.9. The van der Waals surface area contributed by atoms with E-state index in [0.717, 1.165) is 46.5 Å². The summed E-state index contributed by atoms with van der Waals surface area (Å²) in [7, 11) is 0. The lowest BCUT2D eigenvalue weighted by Crippen LogP contribution is -2.38. The maximum atomic E-state index is 13.6. The second-order valence-electron chi connectivity index (χ2n) is 11.8. The van der Waals surface area contributed by atoms with E-state index in [0.29, 0.717) is 48.0 Å². The van der Waals surface area contributed by atoms with Crippen LogP contribution in [0, 0.1) is 0 Å². The van der Waals surface area contributed by atoms with Crippen LogP contribution in [0.25, 0.3) is 0 Å². The Balaban J connectivity index is 0.977. The molecule has 0 saturated carbocycles. The maximum Gasteiger partial charge on any atom is 0.261 e. The minimum atomic E-state index is -0.134. The first-order valence-electron chi connectivity index (χ1n) is 15.9. The van der Waals surface area contributed by atoms with Gasteiger partial charge in [-0.25, -0.2) is 0 Å². The van der Waals surface area contributed by atoms with E-state index < -0.39 is 0 Å². The third-order valence-corrected chi connectivity index (χ3v) is 8.80. The number of ether oxygens (including phenoxy) is 2. The molecule has 8 nitrogen and oxygen atoms in total. The Bertz CT molecular complexity index is 2030. The first-order valence-corrected chi connectivity index (χ1v) is 15.9. The van der Waals surface area contributed by atoms with Crippen molar-refractivity contribution in [1.29, 1.82) is 0 Å². The zero-order valence-electron chi connectivity index (χ0n) is 26.4. The van der Waals surface area contributed by atoms with Crippen molar-refractivity contribution >= 4 is 41.8 Å². The number of aliphatic imine (C=N–C) groups is 2. The Morgan fingerprint density at radius 2 is 1.71 bits per heavy atom. The SMILES string of the molecule is C=CC1=C(/C=C\OCc2cccc(COc3ccc(C(=O)N4CCc5ccccc54)c(N=C)c3)c2)C(=O)N2c3ccccc3C[C@H]2C=N1. The van der Waals surface area contributed by atoms with Gasteiger partial charge in [0, 0.05) is 36.6 Å². The second kappa shape index (κ2) is 13.4. The predicted octanol–water partition coefficient (Wildman–Crippen LogP) is 7.31. The lowest BCUT2D eigenvalue weighted by atomic mass is 10.1. The first-order chi connectivity index (χ1) is 23.5. The molecule has 8 heteroatoms. The number of nitrogens with zero attached hydrogens (tertiary/aromatic N) is 4. The molecule has 7 rings (SSSR count). The van der Waals surface area contributed by atoms with E-state index in [1.807, 2.05) is 72.9 Å². The standard InChI is InChI=1S/C40H34N4O4/c1-3-35-34(40(46)44-31(24-42-35)22-30-12-5-7-14-38(30)44)18-20-47-25-27-9-8-10-28(21-27)26-48-32-15-16-33(36(23-32)41-2)39(45)43-19-17-29-11-4-6-13-37(29)43/h3-16,18,20-21,23-24,31H,1-2,17,19,22,25-26H2/b20-18-/t31-/m0/s1. The van der Waals surface area contributed by atoms with Crippen molar-refractivity contribution in [3.05, 3.63) is 155 Å². The minimum Gasteiger partial charge on any atom is -0.496 e. The molecule has 0 aromatic heterocycles. The van der Waals surface area contributed by atoms with Gasteiger partial charge in [0.2, 0.25) is 0 Å². The average molecular weight is 635 g/mol. The Labute approximate surface area is 279 Å². The Morgan fingerprint density at radius 3 is 2.52 bits per heavy atom. The van der Waals surface area contributed by atoms with Crippen LogP contribution in [0.5, 0.6) is 5.75 Å². The highest BCUT2D eigenvalue weighted by molar-refractivity contribution is 6.13. The van der Waals surface area contributed by atoms with Gasteiger partial charge in [-0.15, -0.1) is 0 Å². The summed E-state index contributed by atoms with van der Waals surface area (Å²) in [5, 5.41) is 0. The van der Waals surface area contributed by atoms with Crippen LogP contribution in [0.2, 0.25) is 0 Å². The highest BCUT2D eigenvalue weighted by atomic mass is 16.5. The number of hydrogen-bond acceptors (Lipinski definition) is 6. The highest BCUT2D eigenvalue weighted by Crippen LogP contribution is 2.35. The van der Waals surface area contributed by atoms with Gasteiger partial charge in [-0.2, -0.15) is 0 Å². The number of hydrogen-bond donors (Lipinski definition) is 0. The molecule has 3 aliphatic rings. The van der Waals surface area contributed by atoms with Gasteiger partial charge in [0.05, 0.1) is 34.8 Å². The van der Waals surface area contributed by atoms with Crippen LogP contribution in [-0.4, -0.2) is 37.3 Å². The van der Waals surface area contributed by atoms with Gasteiger partial charge >= 0.3 is 0 Å². The molecule has 4 aromatic rings. The van der Waals surface area contributed by atoms with Crippen molar-refractivity contribution in [2.45, 2.75) is 32.1 Å². The predicted molar refractivity (Wildman–Crippen MR) is 189 cm³/mol. The van der Waals surface area contributed by atoms with Crippen molar-refractivity contribution in [3.8, 4) is 5.75 Å². The molecule has 238 valence electrons. The van der Waals surface area contributed by atoms with Crippen LogP contribution in [-0.2, 0) is 35.6 Å². The fourth-order valence-electron chi connectivity index (χ4n) is 6.43. The van der Waals surface area contributed by atoms with Crippen molar-refractivity contribution in [2.75, 3.05) is 16.3 Å². The molecule has 0 bridgehead atoms. The number of anilines is 2. The quantitative estimate of drug-likeness (QED) is 0.135. The molecule has 3 aliphatic heterocycles. The molecule has 4 aromatic carbocycles. The van der Waals surface area contributed by atoms with Crippen LogP contribution in [0.3, 0.4) is 0 Å². The Kier molecular flexibility index (Phi) is 8.53. The number of allylic oxidation sites excluding steroid dienone is 1. The first kappa shape index (κ1) is 30.6. The van der Waals surface area contributed by atoms with Gasteiger partial charge in [0.1, 0.15) is 19.0 Å². The number of amides is 2. The van der Waals surface area contributed by atoms with Crippen LogP contribution in [0.15, 0.2) is 137 Å². The van der Waals surface area contributed by atoms with Crippen molar-refractivity contribution in [2.24, 2.45) is 9.98 Å². The van der Waals surface area contributed by atoms with Crippen LogP contribution < -0.4 is 14.5 Å². The van der Waals surface area contributed by atoms with Crippen LogP contribution in [0.1, 0.15) is 32.6 Å². The zero-order valence-corrected chi connectivity index (χ0v) is 26.4. The fraction of sp³-hybridized carbons (Fsp3) is 0.150. The summed E-state index contributed by atoms with van der Waals surface area (Å²) < 4.78 is 11.9. The van der Waals surface area contributed by atoms with E-state index >= 15 is 0 Å². The fourth-order valence-corrected chi connectivity index (χ4v) is 6.43. The van der Waals surface area contributed by atoms with E-state index in [4.69, 9.17) is 9.47 Å². The molecule has 0 fully saturated rings. The molecule has 0 N–H and O–H groups in total. The summed E-state index contributed by atoms with van der Waals surface area (Å²) >= 11 is 0. The number of carbonyl (C=O) groups is 2. The molecule has 0 radical (unpaired) electrons. The average Bonchev–Trinajstić information content (AvgIpc) is 3.69. The number of para-hydroxylation sites is 2. The molecule has 0 aliphatic carbocycles. The molecular formula is C40H34N4O4. The summed E-state index contributed by atoms with van der Waals surface area (Å²) in [6.45, 7) is 8.81. The largest absolute Gasteiger partial charge is 0.496 e. The molecule has 48 heavy (non-hydrogen) atoms. The molecule has 0 spiro atoms. The van der Waals surface area contributed by atoms with Crippen LogP contribution in [0.4, 0.5) is 17.1 Å². The summed E-state index contributed by atoms with van der Waals surface area (Å²) in [4.78, 5) is 39.3.